The Bertz CT molecular complexity index is 458. The minimum Gasteiger partial charge on any atom is -0.453 e. The standard InChI is InChI=1S/C8H10N4O2S/c1-5-4-12-7(10-5)15-6(11-12)3-9-8(13)14-2/h4H,3H2,1-2H3,(H,9,13). The van der Waals surface area contributed by atoms with Crippen molar-refractivity contribution in [2.24, 2.45) is 0 Å². The number of carbonyl (C=O) groups is 1. The SMILES string of the molecule is COC(=O)NCc1nn2cc(C)nc2s1. The zero-order valence-electron chi connectivity index (χ0n) is 8.35. The number of fused-ring (bicyclic) bond motifs is 1. The fourth-order valence-corrected chi connectivity index (χ4v) is 2.00. The van der Waals surface area contributed by atoms with E-state index in [0.29, 0.717) is 6.54 Å². The summed E-state index contributed by atoms with van der Waals surface area (Å²) in [7, 11) is 1.33. The number of nitrogens with one attached hydrogen (secondary N) is 1. The van der Waals surface area contributed by atoms with Crippen LogP contribution in [0.1, 0.15) is 10.7 Å². The van der Waals surface area contributed by atoms with Gasteiger partial charge in [-0.25, -0.2) is 14.3 Å². The topological polar surface area (TPSA) is 68.5 Å². The summed E-state index contributed by atoms with van der Waals surface area (Å²) in [5.74, 6) is 0. The minimum atomic E-state index is -0.459. The lowest BCUT2D eigenvalue weighted by atomic mass is 10.6. The maximum atomic E-state index is 10.8. The predicted octanol–water partition coefficient (Wildman–Crippen LogP) is 0.955. The molecule has 15 heavy (non-hydrogen) atoms. The van der Waals surface area contributed by atoms with Gasteiger partial charge in [0.25, 0.3) is 0 Å². The quantitative estimate of drug-likeness (QED) is 0.828. The highest BCUT2D eigenvalue weighted by atomic mass is 32.1. The number of carbonyl (C=O) groups excluding carboxylic acids is 1. The first-order chi connectivity index (χ1) is 7.19. The average molecular weight is 226 g/mol. The van der Waals surface area contributed by atoms with E-state index in [0.717, 1.165) is 15.7 Å². The number of alkyl carbamates (subject to hydrolysis) is 1. The maximum absolute atomic E-state index is 10.8. The van der Waals surface area contributed by atoms with Crippen molar-refractivity contribution in [3.63, 3.8) is 0 Å². The molecule has 0 radical (unpaired) electrons. The molecule has 2 aromatic rings. The first kappa shape index (κ1) is 9.91. The molecule has 2 rings (SSSR count). The third kappa shape index (κ3) is 2.07. The summed E-state index contributed by atoms with van der Waals surface area (Å²) in [6.45, 7) is 2.27. The van der Waals surface area contributed by atoms with Crippen LogP contribution in [0.4, 0.5) is 4.79 Å². The van der Waals surface area contributed by atoms with E-state index in [1.165, 1.54) is 18.4 Å². The number of hydrogen-bond donors (Lipinski definition) is 1. The van der Waals surface area contributed by atoms with Crippen LogP contribution in [0.5, 0.6) is 0 Å². The van der Waals surface area contributed by atoms with Gasteiger partial charge in [-0.15, -0.1) is 0 Å². The highest BCUT2D eigenvalue weighted by Gasteiger charge is 2.07. The smallest absolute Gasteiger partial charge is 0.407 e. The zero-order chi connectivity index (χ0) is 10.8. The summed E-state index contributed by atoms with van der Waals surface area (Å²) < 4.78 is 6.15. The highest BCUT2D eigenvalue weighted by Crippen LogP contribution is 2.13. The molecule has 0 atom stereocenters. The molecule has 0 fully saturated rings. The van der Waals surface area contributed by atoms with Crippen molar-refractivity contribution in [3.8, 4) is 0 Å². The lowest BCUT2D eigenvalue weighted by molar-refractivity contribution is 0.170. The summed E-state index contributed by atoms with van der Waals surface area (Å²) in [5, 5.41) is 7.60. The Labute approximate surface area is 89.9 Å². The van der Waals surface area contributed by atoms with Gasteiger partial charge in [0.2, 0.25) is 4.96 Å². The van der Waals surface area contributed by atoms with Gasteiger partial charge in [0.15, 0.2) is 0 Å². The van der Waals surface area contributed by atoms with Crippen molar-refractivity contribution in [3.05, 3.63) is 16.9 Å². The number of amides is 1. The largest absolute Gasteiger partial charge is 0.453 e. The molecule has 1 N–H and O–H groups in total. The van der Waals surface area contributed by atoms with Crippen molar-refractivity contribution in [1.29, 1.82) is 0 Å². The lowest BCUT2D eigenvalue weighted by Crippen LogP contribution is -2.22. The average Bonchev–Trinajstić information content (AvgIpc) is 2.70. The van der Waals surface area contributed by atoms with Gasteiger partial charge in [0.1, 0.15) is 5.01 Å². The predicted molar refractivity (Wildman–Crippen MR) is 54.8 cm³/mol. The Morgan fingerprint density at radius 2 is 2.53 bits per heavy atom. The van der Waals surface area contributed by atoms with E-state index >= 15 is 0 Å². The molecule has 0 bridgehead atoms. The number of imidazole rings is 1. The molecule has 2 heterocycles. The number of ether oxygens (including phenoxy) is 1. The Kier molecular flexibility index (Phi) is 2.55. The van der Waals surface area contributed by atoms with Crippen LogP contribution in [0.25, 0.3) is 4.96 Å². The van der Waals surface area contributed by atoms with Crippen LogP contribution in [0.15, 0.2) is 6.20 Å². The van der Waals surface area contributed by atoms with Crippen LogP contribution in [-0.4, -0.2) is 27.8 Å². The second-order valence-corrected chi connectivity index (χ2v) is 3.99. The van der Waals surface area contributed by atoms with E-state index in [9.17, 15) is 4.79 Å². The summed E-state index contributed by atoms with van der Waals surface area (Å²) >= 11 is 1.44. The van der Waals surface area contributed by atoms with Gasteiger partial charge in [-0.1, -0.05) is 11.3 Å². The van der Waals surface area contributed by atoms with Gasteiger partial charge in [0.05, 0.1) is 25.5 Å². The number of rotatable bonds is 2. The molecule has 80 valence electrons. The number of nitrogens with zero attached hydrogens (tertiary/aromatic N) is 3. The van der Waals surface area contributed by atoms with Gasteiger partial charge in [-0.05, 0) is 6.92 Å². The Morgan fingerprint density at radius 1 is 1.73 bits per heavy atom. The van der Waals surface area contributed by atoms with E-state index in [4.69, 9.17) is 0 Å². The molecule has 0 aliphatic carbocycles. The first-order valence-corrected chi connectivity index (χ1v) is 5.14. The van der Waals surface area contributed by atoms with Crippen LogP contribution >= 0.6 is 11.3 Å². The van der Waals surface area contributed by atoms with Crippen molar-refractivity contribution in [1.82, 2.24) is 19.9 Å². The molecule has 6 nitrogen and oxygen atoms in total. The van der Waals surface area contributed by atoms with E-state index in [1.807, 2.05) is 13.1 Å². The number of hydrogen-bond acceptors (Lipinski definition) is 5. The van der Waals surface area contributed by atoms with Crippen LogP contribution in [-0.2, 0) is 11.3 Å². The van der Waals surface area contributed by atoms with E-state index in [1.54, 1.807) is 4.52 Å². The van der Waals surface area contributed by atoms with Crippen LogP contribution in [0.3, 0.4) is 0 Å². The Balaban J connectivity index is 2.09. The lowest BCUT2D eigenvalue weighted by Gasteiger charge is -1.98. The highest BCUT2D eigenvalue weighted by molar-refractivity contribution is 7.16. The number of aromatic nitrogens is 3. The van der Waals surface area contributed by atoms with E-state index < -0.39 is 6.09 Å². The minimum absolute atomic E-state index is 0.361. The fourth-order valence-electron chi connectivity index (χ4n) is 1.14. The third-order valence-corrected chi connectivity index (χ3v) is 2.70. The van der Waals surface area contributed by atoms with Crippen molar-refractivity contribution >= 4 is 22.4 Å². The van der Waals surface area contributed by atoms with Gasteiger partial charge >= 0.3 is 6.09 Å². The maximum Gasteiger partial charge on any atom is 0.407 e. The second kappa shape index (κ2) is 3.85. The number of methoxy groups -OCH3 is 1. The monoisotopic (exact) mass is 226 g/mol. The fraction of sp³-hybridized carbons (Fsp3) is 0.375. The summed E-state index contributed by atoms with van der Waals surface area (Å²) in [6, 6.07) is 0. The second-order valence-electron chi connectivity index (χ2n) is 2.95. The third-order valence-electron chi connectivity index (χ3n) is 1.77. The van der Waals surface area contributed by atoms with Crippen molar-refractivity contribution < 1.29 is 9.53 Å². The van der Waals surface area contributed by atoms with Crippen LogP contribution in [0, 0.1) is 6.92 Å². The molecular weight excluding hydrogens is 216 g/mol. The molecule has 0 saturated carbocycles. The summed E-state index contributed by atoms with van der Waals surface area (Å²) in [6.07, 6.45) is 1.38. The molecule has 0 aliphatic rings. The normalized spacial score (nSPS) is 10.5. The van der Waals surface area contributed by atoms with E-state index in [2.05, 4.69) is 20.1 Å². The van der Waals surface area contributed by atoms with Crippen LogP contribution in [0.2, 0.25) is 0 Å². The van der Waals surface area contributed by atoms with Gasteiger partial charge in [-0.2, -0.15) is 5.10 Å². The molecule has 0 saturated heterocycles. The van der Waals surface area contributed by atoms with Gasteiger partial charge < -0.3 is 10.1 Å². The van der Waals surface area contributed by atoms with Gasteiger partial charge in [-0.3, -0.25) is 0 Å². The molecule has 1 amide bonds. The first-order valence-electron chi connectivity index (χ1n) is 4.32. The Morgan fingerprint density at radius 3 is 3.20 bits per heavy atom. The van der Waals surface area contributed by atoms with Crippen LogP contribution < -0.4 is 5.32 Å². The number of aryl methyl sites for hydroxylation is 1. The van der Waals surface area contributed by atoms with Crippen molar-refractivity contribution in [2.75, 3.05) is 7.11 Å². The molecular formula is C8H10N4O2S. The summed E-state index contributed by atoms with van der Waals surface area (Å²) in [5.41, 5.74) is 0.932. The molecule has 7 heteroatoms. The van der Waals surface area contributed by atoms with E-state index in [-0.39, 0.29) is 0 Å². The van der Waals surface area contributed by atoms with Gasteiger partial charge in [0, 0.05) is 0 Å². The molecule has 0 unspecified atom stereocenters. The molecule has 2 aromatic heterocycles. The zero-order valence-corrected chi connectivity index (χ0v) is 9.17. The molecule has 0 aliphatic heterocycles. The summed E-state index contributed by atoms with van der Waals surface area (Å²) in [4.78, 5) is 15.9. The Hall–Kier alpha value is -1.63. The molecule has 0 aromatic carbocycles. The van der Waals surface area contributed by atoms with Crippen molar-refractivity contribution in [2.45, 2.75) is 13.5 Å². The molecule has 0 spiro atoms.